The van der Waals surface area contributed by atoms with Crippen LogP contribution in [0.3, 0.4) is 0 Å². The van der Waals surface area contributed by atoms with Crippen LogP contribution in [0.15, 0.2) is 64.9 Å². The second kappa shape index (κ2) is 8.73. The van der Waals surface area contributed by atoms with Crippen molar-refractivity contribution in [3.05, 3.63) is 70.1 Å². The fourth-order valence-corrected chi connectivity index (χ4v) is 5.08. The van der Waals surface area contributed by atoms with E-state index in [1.807, 2.05) is 40.0 Å². The average molecular weight is 427 g/mol. The highest BCUT2D eigenvalue weighted by Crippen LogP contribution is 2.36. The van der Waals surface area contributed by atoms with E-state index in [1.165, 1.54) is 29.4 Å². The summed E-state index contributed by atoms with van der Waals surface area (Å²) in [6, 6.07) is 16.0. The molecule has 1 aliphatic heterocycles. The Balaban J connectivity index is 1.45. The summed E-state index contributed by atoms with van der Waals surface area (Å²) in [6.07, 6.45) is 1.56. The number of nitrogens with one attached hydrogen (secondary N) is 1. The molecular formula is C20H18N4O3S2. The van der Waals surface area contributed by atoms with Crippen LogP contribution in [0.25, 0.3) is 11.3 Å². The molecule has 4 rings (SSSR count). The van der Waals surface area contributed by atoms with Crippen molar-refractivity contribution in [3.8, 4) is 11.3 Å². The second-order valence-electron chi connectivity index (χ2n) is 6.51. The summed E-state index contributed by atoms with van der Waals surface area (Å²) in [5.74, 6) is -0.137. The summed E-state index contributed by atoms with van der Waals surface area (Å²) < 4.78 is 1.92. The average Bonchev–Trinajstić information content (AvgIpc) is 3.38. The molecule has 1 saturated heterocycles. The van der Waals surface area contributed by atoms with Crippen LogP contribution < -0.4 is 5.32 Å². The number of carbonyl (C=O) groups is 1. The van der Waals surface area contributed by atoms with Crippen molar-refractivity contribution >= 4 is 40.0 Å². The highest BCUT2D eigenvalue weighted by Gasteiger charge is 2.33. The van der Waals surface area contributed by atoms with Crippen LogP contribution in [0, 0.1) is 10.1 Å². The maximum Gasteiger partial charge on any atom is 0.284 e. The number of nitro groups is 1. The van der Waals surface area contributed by atoms with Gasteiger partial charge in [-0.05, 0) is 30.9 Å². The second-order valence-corrected chi connectivity index (χ2v) is 8.46. The number of carbonyl (C=O) groups excluding carboxylic acids is 1. The lowest BCUT2D eigenvalue weighted by Gasteiger charge is -2.21. The van der Waals surface area contributed by atoms with Gasteiger partial charge in [-0.1, -0.05) is 42.5 Å². The fourth-order valence-electron chi connectivity index (χ4n) is 3.18. The molecule has 0 aliphatic carbocycles. The van der Waals surface area contributed by atoms with Gasteiger partial charge in [-0.3, -0.25) is 14.9 Å². The molecule has 1 aliphatic rings. The summed E-state index contributed by atoms with van der Waals surface area (Å²) in [6.45, 7) is 0.696. The lowest BCUT2D eigenvalue weighted by atomic mass is 10.2. The predicted octanol–water partition coefficient (Wildman–Crippen LogP) is 4.83. The number of thiazole rings is 1. The molecule has 9 heteroatoms. The number of hydrogen-bond donors (Lipinski definition) is 1. The number of anilines is 1. The van der Waals surface area contributed by atoms with Crippen LogP contribution in [-0.2, 0) is 4.79 Å². The molecule has 29 heavy (non-hydrogen) atoms. The standard InChI is InChI=1S/C20H18N4O3S2/c25-19(22-20-21-15(13-28-20)14-7-2-1-3-8-14)17-10-6-12-23(17)29-18-11-5-4-9-16(18)24(26)27/h1-5,7-9,11,13,17H,6,10,12H2,(H,21,22,25). The minimum atomic E-state index is -0.395. The molecule has 0 bridgehead atoms. The van der Waals surface area contributed by atoms with Crippen molar-refractivity contribution in [2.45, 2.75) is 23.8 Å². The third kappa shape index (κ3) is 4.47. The molecular weight excluding hydrogens is 408 g/mol. The normalized spacial score (nSPS) is 16.6. The van der Waals surface area contributed by atoms with E-state index in [0.717, 1.165) is 17.7 Å². The Hall–Kier alpha value is -2.75. The van der Waals surface area contributed by atoms with Crippen LogP contribution in [0.4, 0.5) is 10.8 Å². The predicted molar refractivity (Wildman–Crippen MR) is 115 cm³/mol. The largest absolute Gasteiger partial charge is 0.301 e. The molecule has 7 nitrogen and oxygen atoms in total. The van der Waals surface area contributed by atoms with Crippen LogP contribution in [-0.4, -0.2) is 32.7 Å². The Bertz CT molecular complexity index is 1030. The van der Waals surface area contributed by atoms with E-state index >= 15 is 0 Å². The number of aromatic nitrogens is 1. The number of hydrogen-bond acceptors (Lipinski definition) is 7. The first-order chi connectivity index (χ1) is 14.1. The zero-order chi connectivity index (χ0) is 20.2. The summed E-state index contributed by atoms with van der Waals surface area (Å²) in [5.41, 5.74) is 1.87. The molecule has 0 radical (unpaired) electrons. The minimum Gasteiger partial charge on any atom is -0.301 e. The zero-order valence-electron chi connectivity index (χ0n) is 15.4. The van der Waals surface area contributed by atoms with E-state index in [1.54, 1.807) is 18.2 Å². The molecule has 1 aromatic heterocycles. The Labute approximate surface area is 176 Å². The lowest BCUT2D eigenvalue weighted by molar-refractivity contribution is -0.387. The van der Waals surface area contributed by atoms with Gasteiger partial charge >= 0.3 is 0 Å². The highest BCUT2D eigenvalue weighted by molar-refractivity contribution is 7.97. The van der Waals surface area contributed by atoms with E-state index in [2.05, 4.69) is 10.3 Å². The van der Waals surface area contributed by atoms with Gasteiger partial charge in [0.2, 0.25) is 5.91 Å². The number of rotatable bonds is 6. The van der Waals surface area contributed by atoms with Crippen molar-refractivity contribution in [1.82, 2.24) is 9.29 Å². The number of nitro benzene ring substituents is 1. The molecule has 148 valence electrons. The Morgan fingerprint density at radius 1 is 1.21 bits per heavy atom. The third-order valence-electron chi connectivity index (χ3n) is 4.59. The van der Waals surface area contributed by atoms with Gasteiger partial charge in [0, 0.05) is 23.6 Å². The molecule has 1 N–H and O–H groups in total. The topological polar surface area (TPSA) is 88.4 Å². The van der Waals surface area contributed by atoms with E-state index in [4.69, 9.17) is 0 Å². The maximum absolute atomic E-state index is 12.8. The van der Waals surface area contributed by atoms with Gasteiger partial charge in [-0.2, -0.15) is 0 Å². The monoisotopic (exact) mass is 426 g/mol. The van der Waals surface area contributed by atoms with Crippen molar-refractivity contribution in [2.24, 2.45) is 0 Å². The summed E-state index contributed by atoms with van der Waals surface area (Å²) in [5, 5.41) is 16.6. The van der Waals surface area contributed by atoms with Gasteiger partial charge in [0.05, 0.1) is 16.7 Å². The van der Waals surface area contributed by atoms with Crippen LogP contribution in [0.2, 0.25) is 0 Å². The van der Waals surface area contributed by atoms with E-state index in [9.17, 15) is 14.9 Å². The van der Waals surface area contributed by atoms with Gasteiger partial charge in [-0.25, -0.2) is 9.29 Å². The van der Waals surface area contributed by atoms with Crippen molar-refractivity contribution in [1.29, 1.82) is 0 Å². The van der Waals surface area contributed by atoms with Gasteiger partial charge < -0.3 is 5.32 Å². The molecule has 1 fully saturated rings. The van der Waals surface area contributed by atoms with E-state index in [0.29, 0.717) is 23.0 Å². The number of nitrogens with zero attached hydrogens (tertiary/aromatic N) is 3. The fraction of sp³-hybridized carbons (Fsp3) is 0.200. The van der Waals surface area contributed by atoms with Crippen molar-refractivity contribution < 1.29 is 9.72 Å². The molecule has 0 spiro atoms. The van der Waals surface area contributed by atoms with Crippen molar-refractivity contribution in [2.75, 3.05) is 11.9 Å². The van der Waals surface area contributed by atoms with Gasteiger partial charge in [0.1, 0.15) is 4.90 Å². The number of amides is 1. The van der Waals surface area contributed by atoms with E-state index < -0.39 is 4.92 Å². The van der Waals surface area contributed by atoms with Crippen LogP contribution in [0.5, 0.6) is 0 Å². The molecule has 2 heterocycles. The first-order valence-electron chi connectivity index (χ1n) is 9.11. The molecule has 0 saturated carbocycles. The van der Waals surface area contributed by atoms with E-state index in [-0.39, 0.29) is 17.6 Å². The summed E-state index contributed by atoms with van der Waals surface area (Å²) >= 11 is 2.65. The number of benzene rings is 2. The molecule has 1 unspecified atom stereocenters. The van der Waals surface area contributed by atoms with Crippen LogP contribution >= 0.6 is 23.3 Å². The van der Waals surface area contributed by atoms with Crippen LogP contribution in [0.1, 0.15) is 12.8 Å². The maximum atomic E-state index is 12.8. The smallest absolute Gasteiger partial charge is 0.284 e. The SMILES string of the molecule is O=C(Nc1nc(-c2ccccc2)cs1)C1CCCN1Sc1ccccc1[N+](=O)[O-]. The molecule has 1 amide bonds. The number of para-hydroxylation sites is 1. The van der Waals surface area contributed by atoms with Gasteiger partial charge in [-0.15, -0.1) is 11.3 Å². The van der Waals surface area contributed by atoms with Gasteiger partial charge in [0.25, 0.3) is 5.69 Å². The Morgan fingerprint density at radius 2 is 1.97 bits per heavy atom. The third-order valence-corrected chi connectivity index (χ3v) is 6.56. The molecule has 2 aromatic carbocycles. The highest BCUT2D eigenvalue weighted by atomic mass is 32.2. The Morgan fingerprint density at radius 3 is 2.76 bits per heavy atom. The van der Waals surface area contributed by atoms with Crippen molar-refractivity contribution in [3.63, 3.8) is 0 Å². The summed E-state index contributed by atoms with van der Waals surface area (Å²) in [7, 11) is 0. The quantitative estimate of drug-likeness (QED) is 0.345. The summed E-state index contributed by atoms with van der Waals surface area (Å²) in [4.78, 5) is 28.8. The zero-order valence-corrected chi connectivity index (χ0v) is 17.0. The lowest BCUT2D eigenvalue weighted by Crippen LogP contribution is -2.35. The van der Waals surface area contributed by atoms with Gasteiger partial charge in [0.15, 0.2) is 5.13 Å². The Kier molecular flexibility index (Phi) is 5.89. The first-order valence-corrected chi connectivity index (χ1v) is 10.8. The molecule has 3 aromatic rings. The first kappa shape index (κ1) is 19.6. The molecule has 1 atom stereocenters. The minimum absolute atomic E-state index is 0.0518.